The second kappa shape index (κ2) is 8.33. The SMILES string of the molecule is CN1CCN(c2ccc(-c3cnc(CCc4cccc5occc45)n4cnnc34)cc2)CC1. The molecule has 0 saturated carbocycles. The molecule has 0 spiro atoms. The third-order valence-electron chi connectivity index (χ3n) is 6.66. The smallest absolute Gasteiger partial charge is 0.171 e. The largest absolute Gasteiger partial charge is 0.464 e. The normalized spacial score (nSPS) is 15.0. The monoisotopic (exact) mass is 438 g/mol. The lowest BCUT2D eigenvalue weighted by atomic mass is 10.0. The molecule has 3 aromatic heterocycles. The number of hydrogen-bond donors (Lipinski definition) is 0. The van der Waals surface area contributed by atoms with E-state index in [2.05, 4.69) is 57.4 Å². The van der Waals surface area contributed by atoms with E-state index in [9.17, 15) is 0 Å². The van der Waals surface area contributed by atoms with Crippen LogP contribution in [0.2, 0.25) is 0 Å². The topological polar surface area (TPSA) is 62.7 Å². The van der Waals surface area contributed by atoms with Crippen molar-refractivity contribution >= 4 is 22.3 Å². The molecule has 4 heterocycles. The number of hydrogen-bond acceptors (Lipinski definition) is 6. The summed E-state index contributed by atoms with van der Waals surface area (Å²) < 4.78 is 7.55. The fraction of sp³-hybridized carbons (Fsp3) is 0.269. The fourth-order valence-corrected chi connectivity index (χ4v) is 4.69. The van der Waals surface area contributed by atoms with Crippen LogP contribution in [0.25, 0.3) is 27.7 Å². The standard InChI is InChI=1S/C26H26N6O/c1-30-12-14-31(15-13-30)21-8-5-20(6-9-21)23-17-27-25(32-18-28-29-26(23)32)10-7-19-3-2-4-24-22(19)11-16-33-24/h2-6,8-9,11,16-18H,7,10,12-15H2,1H3. The summed E-state index contributed by atoms with van der Waals surface area (Å²) in [4.78, 5) is 9.62. The van der Waals surface area contributed by atoms with Crippen LogP contribution in [0.1, 0.15) is 11.4 Å². The number of fused-ring (bicyclic) bond motifs is 2. The zero-order valence-electron chi connectivity index (χ0n) is 18.7. The molecule has 1 aliphatic rings. The Labute approximate surface area is 192 Å². The first-order valence-electron chi connectivity index (χ1n) is 11.4. The van der Waals surface area contributed by atoms with Gasteiger partial charge in [-0.3, -0.25) is 4.40 Å². The van der Waals surface area contributed by atoms with Gasteiger partial charge in [0.25, 0.3) is 0 Å². The van der Waals surface area contributed by atoms with Crippen LogP contribution in [0.4, 0.5) is 5.69 Å². The number of nitrogens with zero attached hydrogens (tertiary/aromatic N) is 6. The highest BCUT2D eigenvalue weighted by Gasteiger charge is 2.16. The maximum atomic E-state index is 5.54. The first-order chi connectivity index (χ1) is 16.3. The third kappa shape index (κ3) is 3.74. The van der Waals surface area contributed by atoms with Crippen molar-refractivity contribution in [2.45, 2.75) is 12.8 Å². The predicted octanol–water partition coefficient (Wildman–Crippen LogP) is 4.07. The van der Waals surface area contributed by atoms with E-state index in [-0.39, 0.29) is 0 Å². The number of anilines is 1. The van der Waals surface area contributed by atoms with Gasteiger partial charge >= 0.3 is 0 Å². The molecule has 1 aliphatic heterocycles. The van der Waals surface area contributed by atoms with Crippen molar-refractivity contribution in [1.82, 2.24) is 24.5 Å². The molecule has 0 N–H and O–H groups in total. The van der Waals surface area contributed by atoms with Gasteiger partial charge in [0.1, 0.15) is 17.7 Å². The molecule has 5 aromatic rings. The molecule has 1 fully saturated rings. The minimum atomic E-state index is 0.793. The average molecular weight is 439 g/mol. The summed E-state index contributed by atoms with van der Waals surface area (Å²) in [6.45, 7) is 4.32. The molecule has 7 nitrogen and oxygen atoms in total. The number of aromatic nitrogens is 4. The van der Waals surface area contributed by atoms with Crippen LogP contribution in [-0.2, 0) is 12.8 Å². The Balaban J connectivity index is 1.25. The Kier molecular flexibility index (Phi) is 5.03. The van der Waals surface area contributed by atoms with E-state index in [1.165, 1.54) is 11.3 Å². The highest BCUT2D eigenvalue weighted by molar-refractivity contribution is 5.81. The molecular formula is C26H26N6O. The number of furan rings is 1. The number of rotatable bonds is 5. The van der Waals surface area contributed by atoms with Crippen molar-refractivity contribution in [2.75, 3.05) is 38.1 Å². The highest BCUT2D eigenvalue weighted by atomic mass is 16.3. The Bertz CT molecular complexity index is 1400. The Morgan fingerprint density at radius 2 is 1.79 bits per heavy atom. The minimum Gasteiger partial charge on any atom is -0.464 e. The van der Waals surface area contributed by atoms with Crippen LogP contribution in [-0.4, -0.2) is 57.7 Å². The number of benzene rings is 2. The number of piperazine rings is 1. The fourth-order valence-electron chi connectivity index (χ4n) is 4.69. The Morgan fingerprint density at radius 1 is 0.939 bits per heavy atom. The molecule has 0 radical (unpaired) electrons. The van der Waals surface area contributed by atoms with E-state index >= 15 is 0 Å². The number of aryl methyl sites for hydroxylation is 2. The van der Waals surface area contributed by atoms with Crippen molar-refractivity contribution in [3.8, 4) is 11.1 Å². The molecule has 2 aromatic carbocycles. The lowest BCUT2D eigenvalue weighted by Crippen LogP contribution is -2.44. The van der Waals surface area contributed by atoms with Crippen molar-refractivity contribution < 1.29 is 4.42 Å². The lowest BCUT2D eigenvalue weighted by molar-refractivity contribution is 0.313. The number of likely N-dealkylation sites (N-methyl/N-ethyl adjacent to an activating group) is 1. The third-order valence-corrected chi connectivity index (χ3v) is 6.66. The van der Waals surface area contributed by atoms with E-state index in [1.807, 2.05) is 28.8 Å². The molecule has 1 saturated heterocycles. The Hall–Kier alpha value is -3.71. The van der Waals surface area contributed by atoms with E-state index in [1.54, 1.807) is 12.6 Å². The van der Waals surface area contributed by atoms with E-state index in [0.717, 1.165) is 72.6 Å². The second-order valence-electron chi connectivity index (χ2n) is 8.70. The summed E-state index contributed by atoms with van der Waals surface area (Å²) in [7, 11) is 2.18. The first kappa shape index (κ1) is 19.9. The first-order valence-corrected chi connectivity index (χ1v) is 11.4. The molecule has 0 atom stereocenters. The van der Waals surface area contributed by atoms with Gasteiger partial charge in [0.05, 0.1) is 6.26 Å². The highest BCUT2D eigenvalue weighted by Crippen LogP contribution is 2.27. The van der Waals surface area contributed by atoms with Gasteiger partial charge in [-0.2, -0.15) is 0 Å². The van der Waals surface area contributed by atoms with Crippen molar-refractivity contribution in [2.24, 2.45) is 0 Å². The van der Waals surface area contributed by atoms with Gasteiger partial charge in [0.2, 0.25) is 0 Å². The van der Waals surface area contributed by atoms with Crippen LogP contribution in [0.3, 0.4) is 0 Å². The molecule has 0 amide bonds. The van der Waals surface area contributed by atoms with Crippen LogP contribution in [0, 0.1) is 0 Å². The minimum absolute atomic E-state index is 0.793. The zero-order valence-corrected chi connectivity index (χ0v) is 18.7. The molecule has 7 heteroatoms. The molecular weight excluding hydrogens is 412 g/mol. The Morgan fingerprint density at radius 3 is 2.64 bits per heavy atom. The van der Waals surface area contributed by atoms with E-state index in [0.29, 0.717) is 0 Å². The summed E-state index contributed by atoms with van der Waals surface area (Å²) >= 11 is 0. The molecule has 0 aliphatic carbocycles. The van der Waals surface area contributed by atoms with Crippen LogP contribution in [0.5, 0.6) is 0 Å². The molecule has 33 heavy (non-hydrogen) atoms. The predicted molar refractivity (Wildman–Crippen MR) is 130 cm³/mol. The van der Waals surface area contributed by atoms with Gasteiger partial charge in [-0.05, 0) is 48.9 Å². The lowest BCUT2D eigenvalue weighted by Gasteiger charge is -2.34. The van der Waals surface area contributed by atoms with Gasteiger partial charge in [0, 0.05) is 55.4 Å². The summed E-state index contributed by atoms with van der Waals surface area (Å²) in [5, 5.41) is 9.76. The summed E-state index contributed by atoms with van der Waals surface area (Å²) in [6.07, 6.45) is 7.10. The van der Waals surface area contributed by atoms with Gasteiger partial charge in [-0.25, -0.2) is 4.98 Å². The van der Waals surface area contributed by atoms with Gasteiger partial charge in [-0.15, -0.1) is 10.2 Å². The molecule has 6 rings (SSSR count). The van der Waals surface area contributed by atoms with Crippen molar-refractivity contribution in [3.05, 3.63) is 78.7 Å². The van der Waals surface area contributed by atoms with Crippen LogP contribution < -0.4 is 4.90 Å². The van der Waals surface area contributed by atoms with E-state index in [4.69, 9.17) is 9.40 Å². The van der Waals surface area contributed by atoms with Crippen molar-refractivity contribution in [1.29, 1.82) is 0 Å². The maximum Gasteiger partial charge on any atom is 0.171 e. The molecule has 166 valence electrons. The summed E-state index contributed by atoms with van der Waals surface area (Å²) in [6, 6.07) is 17.0. The molecule has 0 bridgehead atoms. The van der Waals surface area contributed by atoms with Crippen LogP contribution >= 0.6 is 0 Å². The second-order valence-corrected chi connectivity index (χ2v) is 8.70. The van der Waals surface area contributed by atoms with E-state index < -0.39 is 0 Å². The van der Waals surface area contributed by atoms with Crippen molar-refractivity contribution in [3.63, 3.8) is 0 Å². The molecule has 0 unspecified atom stereocenters. The zero-order chi connectivity index (χ0) is 22.2. The quantitative estimate of drug-likeness (QED) is 0.412. The van der Waals surface area contributed by atoms with Gasteiger partial charge in [0.15, 0.2) is 5.65 Å². The summed E-state index contributed by atoms with van der Waals surface area (Å²) in [5.74, 6) is 0.952. The average Bonchev–Trinajstić information content (AvgIpc) is 3.53. The van der Waals surface area contributed by atoms with Gasteiger partial charge in [-0.1, -0.05) is 24.3 Å². The maximum absolute atomic E-state index is 5.54. The summed E-state index contributed by atoms with van der Waals surface area (Å²) in [5.41, 5.74) is 6.39. The van der Waals surface area contributed by atoms with Gasteiger partial charge < -0.3 is 14.2 Å². The van der Waals surface area contributed by atoms with Crippen LogP contribution in [0.15, 0.2) is 71.7 Å².